The third-order valence-corrected chi connectivity index (χ3v) is 4.19. The molecule has 0 unspecified atom stereocenters. The maximum atomic E-state index is 4.83. The predicted octanol–water partition coefficient (Wildman–Crippen LogP) is 2.34. The van der Waals surface area contributed by atoms with Crippen LogP contribution < -0.4 is 10.3 Å². The van der Waals surface area contributed by atoms with Crippen molar-refractivity contribution in [1.82, 2.24) is 5.32 Å². The SMILES string of the molecule is c1ccc2c(c1)SCCN2N=C1CCNCC1. The van der Waals surface area contributed by atoms with Gasteiger partial charge in [0.2, 0.25) is 0 Å². The summed E-state index contributed by atoms with van der Waals surface area (Å²) in [6.45, 7) is 3.17. The number of nitrogens with zero attached hydrogens (tertiary/aromatic N) is 2. The number of hydrogen-bond acceptors (Lipinski definition) is 4. The zero-order valence-corrected chi connectivity index (χ0v) is 10.7. The Labute approximate surface area is 106 Å². The highest BCUT2D eigenvalue weighted by molar-refractivity contribution is 7.99. The van der Waals surface area contributed by atoms with Crippen molar-refractivity contribution in [3.05, 3.63) is 24.3 Å². The van der Waals surface area contributed by atoms with E-state index in [9.17, 15) is 0 Å². The predicted molar refractivity (Wildman–Crippen MR) is 74.1 cm³/mol. The van der Waals surface area contributed by atoms with Crippen LogP contribution in [0.25, 0.3) is 0 Å². The Morgan fingerprint density at radius 1 is 1.18 bits per heavy atom. The maximum Gasteiger partial charge on any atom is 0.0730 e. The van der Waals surface area contributed by atoms with Gasteiger partial charge in [-0.25, -0.2) is 0 Å². The zero-order chi connectivity index (χ0) is 11.5. The number of fused-ring (bicyclic) bond motifs is 1. The molecule has 0 aliphatic carbocycles. The van der Waals surface area contributed by atoms with E-state index < -0.39 is 0 Å². The van der Waals surface area contributed by atoms with Crippen molar-refractivity contribution >= 4 is 23.2 Å². The Morgan fingerprint density at radius 2 is 2.00 bits per heavy atom. The Balaban J connectivity index is 1.84. The lowest BCUT2D eigenvalue weighted by molar-refractivity contribution is 0.665. The van der Waals surface area contributed by atoms with Gasteiger partial charge in [-0.05, 0) is 12.1 Å². The molecule has 0 radical (unpaired) electrons. The normalized spacial score (nSPS) is 20.0. The van der Waals surface area contributed by atoms with Gasteiger partial charge in [0.25, 0.3) is 0 Å². The number of hydrazone groups is 1. The Hall–Kier alpha value is -1.00. The van der Waals surface area contributed by atoms with Crippen LogP contribution >= 0.6 is 11.8 Å². The first kappa shape index (κ1) is 11.1. The molecule has 0 atom stereocenters. The number of nitrogens with one attached hydrogen (secondary N) is 1. The smallest absolute Gasteiger partial charge is 0.0730 e. The van der Waals surface area contributed by atoms with E-state index in [0.29, 0.717) is 0 Å². The van der Waals surface area contributed by atoms with Gasteiger partial charge >= 0.3 is 0 Å². The van der Waals surface area contributed by atoms with Crippen LogP contribution in [0.5, 0.6) is 0 Å². The summed E-state index contributed by atoms with van der Waals surface area (Å²) >= 11 is 1.93. The molecule has 0 spiro atoms. The second-order valence-corrected chi connectivity index (χ2v) is 5.49. The Morgan fingerprint density at radius 3 is 2.88 bits per heavy atom. The molecule has 2 aliphatic heterocycles. The average molecular weight is 247 g/mol. The highest BCUT2D eigenvalue weighted by Gasteiger charge is 2.17. The van der Waals surface area contributed by atoms with Crippen LogP contribution in [0.15, 0.2) is 34.3 Å². The summed E-state index contributed by atoms with van der Waals surface area (Å²) in [7, 11) is 0. The van der Waals surface area contributed by atoms with Crippen LogP contribution in [0.3, 0.4) is 0 Å². The van der Waals surface area contributed by atoms with E-state index in [1.807, 2.05) is 11.8 Å². The summed E-state index contributed by atoms with van der Waals surface area (Å²) < 4.78 is 0. The van der Waals surface area contributed by atoms with E-state index in [0.717, 1.165) is 38.2 Å². The van der Waals surface area contributed by atoms with Crippen molar-refractivity contribution in [3.8, 4) is 0 Å². The third kappa shape index (κ3) is 2.48. The summed E-state index contributed by atoms with van der Waals surface area (Å²) in [5.41, 5.74) is 2.61. The molecule has 0 aromatic heterocycles. The van der Waals surface area contributed by atoms with E-state index in [1.54, 1.807) is 0 Å². The van der Waals surface area contributed by atoms with Crippen LogP contribution in [0, 0.1) is 0 Å². The lowest BCUT2D eigenvalue weighted by atomic mass is 10.1. The van der Waals surface area contributed by atoms with Gasteiger partial charge < -0.3 is 5.32 Å². The molecule has 4 heteroatoms. The number of para-hydroxylation sites is 1. The van der Waals surface area contributed by atoms with Crippen LogP contribution in [0.2, 0.25) is 0 Å². The van der Waals surface area contributed by atoms with Gasteiger partial charge in [0, 0.05) is 42.3 Å². The lowest BCUT2D eigenvalue weighted by Gasteiger charge is -2.28. The van der Waals surface area contributed by atoms with Crippen molar-refractivity contribution in [3.63, 3.8) is 0 Å². The summed E-state index contributed by atoms with van der Waals surface area (Å²) in [6, 6.07) is 8.56. The second kappa shape index (κ2) is 5.10. The number of hydrogen-bond donors (Lipinski definition) is 1. The number of thioether (sulfide) groups is 1. The molecule has 3 rings (SSSR count). The van der Waals surface area contributed by atoms with Gasteiger partial charge in [-0.15, -0.1) is 11.8 Å². The van der Waals surface area contributed by atoms with Crippen molar-refractivity contribution < 1.29 is 0 Å². The molecule has 2 aliphatic rings. The fraction of sp³-hybridized carbons (Fsp3) is 0.462. The first-order valence-corrected chi connectivity index (χ1v) is 7.18. The molecule has 17 heavy (non-hydrogen) atoms. The molecule has 0 saturated carbocycles. The van der Waals surface area contributed by atoms with Crippen molar-refractivity contribution in [1.29, 1.82) is 0 Å². The molecule has 2 heterocycles. The summed E-state index contributed by atoms with van der Waals surface area (Å²) in [5.74, 6) is 1.13. The molecule has 0 amide bonds. The fourth-order valence-corrected chi connectivity index (χ4v) is 3.23. The molecule has 1 aromatic rings. The van der Waals surface area contributed by atoms with Gasteiger partial charge in [0.1, 0.15) is 0 Å². The zero-order valence-electron chi connectivity index (χ0n) is 9.85. The number of anilines is 1. The monoisotopic (exact) mass is 247 g/mol. The summed E-state index contributed by atoms with van der Waals surface area (Å²) in [4.78, 5) is 1.36. The number of rotatable bonds is 1. The Kier molecular flexibility index (Phi) is 3.34. The molecule has 90 valence electrons. The highest BCUT2D eigenvalue weighted by Crippen LogP contribution is 2.34. The first-order chi connectivity index (χ1) is 8.43. The van der Waals surface area contributed by atoms with Gasteiger partial charge in [-0.3, -0.25) is 5.01 Å². The molecule has 0 bridgehead atoms. The highest BCUT2D eigenvalue weighted by atomic mass is 32.2. The lowest BCUT2D eigenvalue weighted by Crippen LogP contribution is -2.31. The van der Waals surface area contributed by atoms with Gasteiger partial charge in [-0.2, -0.15) is 5.10 Å². The van der Waals surface area contributed by atoms with E-state index in [1.165, 1.54) is 16.3 Å². The average Bonchev–Trinajstić information content (AvgIpc) is 2.40. The first-order valence-electron chi connectivity index (χ1n) is 6.20. The fourth-order valence-electron chi connectivity index (χ4n) is 2.24. The molecule has 3 nitrogen and oxygen atoms in total. The quantitative estimate of drug-likeness (QED) is 0.825. The Bertz CT molecular complexity index is 422. The minimum atomic E-state index is 1.03. The van der Waals surface area contributed by atoms with E-state index in [4.69, 9.17) is 5.10 Å². The van der Waals surface area contributed by atoms with Crippen LogP contribution in [-0.2, 0) is 0 Å². The second-order valence-electron chi connectivity index (χ2n) is 4.36. The largest absolute Gasteiger partial charge is 0.316 e. The number of piperidine rings is 1. The summed E-state index contributed by atoms with van der Waals surface area (Å²) in [6.07, 6.45) is 2.18. The molecule has 1 N–H and O–H groups in total. The van der Waals surface area contributed by atoms with E-state index in [-0.39, 0.29) is 0 Å². The molecule has 1 saturated heterocycles. The van der Waals surface area contributed by atoms with Gasteiger partial charge in [0.15, 0.2) is 0 Å². The van der Waals surface area contributed by atoms with E-state index >= 15 is 0 Å². The van der Waals surface area contributed by atoms with Gasteiger partial charge in [0.05, 0.1) is 12.2 Å². The summed E-state index contributed by atoms with van der Waals surface area (Å²) in [5, 5.41) is 10.4. The van der Waals surface area contributed by atoms with Crippen molar-refractivity contribution in [2.75, 3.05) is 30.4 Å². The van der Waals surface area contributed by atoms with Gasteiger partial charge in [-0.1, -0.05) is 12.1 Å². The third-order valence-electron chi connectivity index (χ3n) is 3.15. The van der Waals surface area contributed by atoms with Crippen LogP contribution in [0.4, 0.5) is 5.69 Å². The van der Waals surface area contributed by atoms with E-state index in [2.05, 4.69) is 34.6 Å². The minimum absolute atomic E-state index is 1.03. The topological polar surface area (TPSA) is 27.6 Å². The molecular formula is C13H17N3S. The molecular weight excluding hydrogens is 230 g/mol. The van der Waals surface area contributed by atoms with Crippen molar-refractivity contribution in [2.24, 2.45) is 5.10 Å². The standard InChI is InChI=1S/C13H17N3S/c1-2-4-13-12(3-1)16(9-10-17-13)15-11-5-7-14-8-6-11/h1-4,14H,5-10H2. The van der Waals surface area contributed by atoms with Crippen molar-refractivity contribution in [2.45, 2.75) is 17.7 Å². The van der Waals surface area contributed by atoms with Crippen LogP contribution in [-0.4, -0.2) is 31.1 Å². The minimum Gasteiger partial charge on any atom is -0.316 e. The molecule has 1 aromatic carbocycles. The van der Waals surface area contributed by atoms with Crippen LogP contribution in [0.1, 0.15) is 12.8 Å². The number of benzene rings is 1. The maximum absolute atomic E-state index is 4.83. The molecule has 1 fully saturated rings.